The third-order valence-electron chi connectivity index (χ3n) is 3.22. The zero-order valence-corrected chi connectivity index (χ0v) is 13.7. The zero-order valence-electron chi connectivity index (χ0n) is 11.3. The van der Waals surface area contributed by atoms with Crippen LogP contribution < -0.4 is 5.32 Å². The number of halogens is 1. The quantitative estimate of drug-likeness (QED) is 0.829. The van der Waals surface area contributed by atoms with Crippen molar-refractivity contribution in [1.82, 2.24) is 5.32 Å². The third kappa shape index (κ3) is 4.56. The minimum absolute atomic E-state index is 0.223. The lowest BCUT2D eigenvalue weighted by Crippen LogP contribution is -2.55. The van der Waals surface area contributed by atoms with Gasteiger partial charge in [0, 0.05) is 16.5 Å². The second-order valence-corrected chi connectivity index (χ2v) is 7.38. The van der Waals surface area contributed by atoms with E-state index in [9.17, 15) is 14.7 Å². The fourth-order valence-electron chi connectivity index (χ4n) is 2.03. The van der Waals surface area contributed by atoms with Crippen LogP contribution in [0.3, 0.4) is 0 Å². The summed E-state index contributed by atoms with van der Waals surface area (Å²) in [6.07, 6.45) is 0.487. The monoisotopic (exact) mass is 345 g/mol. The van der Waals surface area contributed by atoms with Crippen LogP contribution in [0.2, 0.25) is 5.02 Å². The Morgan fingerprint density at radius 2 is 2.10 bits per heavy atom. The van der Waals surface area contributed by atoms with Crippen molar-refractivity contribution in [1.29, 1.82) is 0 Å². The molecule has 1 fully saturated rings. The number of amides is 1. The zero-order chi connectivity index (χ0) is 15.3. The van der Waals surface area contributed by atoms with Gasteiger partial charge in [0.15, 0.2) is 0 Å². The highest BCUT2D eigenvalue weighted by molar-refractivity contribution is 7.99. The smallest absolute Gasteiger partial charge is 0.330 e. The van der Waals surface area contributed by atoms with Crippen molar-refractivity contribution in [2.24, 2.45) is 0 Å². The van der Waals surface area contributed by atoms with Crippen molar-refractivity contribution in [2.75, 3.05) is 17.3 Å². The Morgan fingerprint density at radius 3 is 2.67 bits per heavy atom. The summed E-state index contributed by atoms with van der Waals surface area (Å²) < 4.78 is 0. The van der Waals surface area contributed by atoms with E-state index in [4.69, 9.17) is 11.6 Å². The van der Waals surface area contributed by atoms with E-state index >= 15 is 0 Å². The molecule has 114 valence electrons. The van der Waals surface area contributed by atoms with E-state index in [1.54, 1.807) is 11.8 Å². The van der Waals surface area contributed by atoms with E-state index in [1.165, 1.54) is 11.8 Å². The average Bonchev–Trinajstić information content (AvgIpc) is 2.91. The Bertz CT molecular complexity index is 515. The lowest BCUT2D eigenvalue weighted by atomic mass is 9.99. The number of carboxylic acid groups (broad SMARTS) is 1. The number of carbonyl (C=O) groups is 2. The number of hydrogen-bond donors (Lipinski definition) is 2. The molecule has 0 bridgehead atoms. The first-order valence-electron chi connectivity index (χ1n) is 6.46. The summed E-state index contributed by atoms with van der Waals surface area (Å²) in [5, 5.41) is 12.7. The van der Waals surface area contributed by atoms with Crippen LogP contribution >= 0.6 is 35.1 Å². The highest BCUT2D eigenvalue weighted by Gasteiger charge is 2.43. The molecule has 1 amide bonds. The second kappa shape index (κ2) is 7.42. The molecule has 2 rings (SSSR count). The van der Waals surface area contributed by atoms with Gasteiger partial charge >= 0.3 is 5.97 Å². The van der Waals surface area contributed by atoms with Crippen LogP contribution in [0.4, 0.5) is 0 Å². The number of carbonyl (C=O) groups excluding carboxylic acids is 1. The predicted octanol–water partition coefficient (Wildman–Crippen LogP) is 2.65. The van der Waals surface area contributed by atoms with Crippen LogP contribution in [0, 0.1) is 0 Å². The van der Waals surface area contributed by atoms with Crippen molar-refractivity contribution >= 4 is 47.0 Å². The largest absolute Gasteiger partial charge is 0.479 e. The Hall–Kier alpha value is -0.850. The van der Waals surface area contributed by atoms with Crippen LogP contribution in [-0.4, -0.2) is 39.8 Å². The number of nitrogens with one attached hydrogen (secondary N) is 1. The fraction of sp³-hybridized carbons (Fsp3) is 0.429. The standard InChI is InChI=1S/C14H16ClNO3S2/c15-11-3-1-10(2-4-11)7-21-8-12(17)16-14(13(18)19)5-6-20-9-14/h1-4H,5-9H2,(H,16,17)(H,18,19). The van der Waals surface area contributed by atoms with Gasteiger partial charge in [-0.1, -0.05) is 23.7 Å². The molecule has 1 aromatic carbocycles. The molecule has 2 N–H and O–H groups in total. The molecule has 0 radical (unpaired) electrons. The third-order valence-corrected chi connectivity index (χ3v) is 5.67. The van der Waals surface area contributed by atoms with E-state index in [0.717, 1.165) is 11.3 Å². The van der Waals surface area contributed by atoms with Gasteiger partial charge in [-0.3, -0.25) is 4.79 Å². The molecule has 1 aliphatic heterocycles. The van der Waals surface area contributed by atoms with Crippen LogP contribution in [0.5, 0.6) is 0 Å². The maximum Gasteiger partial charge on any atom is 0.330 e. The molecule has 7 heteroatoms. The van der Waals surface area contributed by atoms with Crippen LogP contribution in [0.25, 0.3) is 0 Å². The van der Waals surface area contributed by atoms with E-state index in [0.29, 0.717) is 22.9 Å². The van der Waals surface area contributed by atoms with E-state index in [1.807, 2.05) is 24.3 Å². The van der Waals surface area contributed by atoms with Gasteiger partial charge < -0.3 is 10.4 Å². The molecule has 1 aromatic rings. The molecule has 1 heterocycles. The molecule has 0 saturated carbocycles. The van der Waals surface area contributed by atoms with Gasteiger partial charge in [0.05, 0.1) is 5.75 Å². The minimum Gasteiger partial charge on any atom is -0.479 e. The first-order valence-corrected chi connectivity index (χ1v) is 9.15. The van der Waals surface area contributed by atoms with Gasteiger partial charge in [0.2, 0.25) is 5.91 Å². The highest BCUT2D eigenvalue weighted by Crippen LogP contribution is 2.28. The number of hydrogen-bond acceptors (Lipinski definition) is 4. The van der Waals surface area contributed by atoms with Crippen molar-refractivity contribution in [3.63, 3.8) is 0 Å². The van der Waals surface area contributed by atoms with E-state index in [2.05, 4.69) is 5.32 Å². The summed E-state index contributed by atoms with van der Waals surface area (Å²) in [4.78, 5) is 23.3. The van der Waals surface area contributed by atoms with Gasteiger partial charge in [0.1, 0.15) is 5.54 Å². The lowest BCUT2D eigenvalue weighted by Gasteiger charge is -2.24. The Labute approximate surface area is 137 Å². The summed E-state index contributed by atoms with van der Waals surface area (Å²) in [5.41, 5.74) is 0.00402. The van der Waals surface area contributed by atoms with Gasteiger partial charge in [-0.15, -0.1) is 11.8 Å². The normalized spacial score (nSPS) is 21.2. The molecule has 1 unspecified atom stereocenters. The van der Waals surface area contributed by atoms with Crippen LogP contribution in [-0.2, 0) is 15.3 Å². The fourth-order valence-corrected chi connectivity index (χ4v) is 4.27. The van der Waals surface area contributed by atoms with Crippen molar-refractivity contribution in [2.45, 2.75) is 17.7 Å². The number of carboxylic acids is 1. The molecule has 4 nitrogen and oxygen atoms in total. The summed E-state index contributed by atoms with van der Waals surface area (Å²) in [5.74, 6) is 0.990. The maximum absolute atomic E-state index is 11.9. The molecule has 1 saturated heterocycles. The number of aliphatic carboxylic acids is 1. The first-order chi connectivity index (χ1) is 10.0. The molecular weight excluding hydrogens is 330 g/mol. The van der Waals surface area contributed by atoms with E-state index in [-0.39, 0.29) is 11.7 Å². The van der Waals surface area contributed by atoms with Crippen LogP contribution in [0.15, 0.2) is 24.3 Å². The maximum atomic E-state index is 11.9. The van der Waals surface area contributed by atoms with Gasteiger partial charge in [-0.2, -0.15) is 11.8 Å². The summed E-state index contributed by atoms with van der Waals surface area (Å²) in [6, 6.07) is 7.46. The van der Waals surface area contributed by atoms with Crippen LogP contribution in [0.1, 0.15) is 12.0 Å². The van der Waals surface area contributed by atoms with Crippen molar-refractivity contribution in [3.8, 4) is 0 Å². The average molecular weight is 346 g/mol. The second-order valence-electron chi connectivity index (χ2n) is 4.86. The highest BCUT2D eigenvalue weighted by atomic mass is 35.5. The molecule has 0 aliphatic carbocycles. The minimum atomic E-state index is -1.08. The van der Waals surface area contributed by atoms with Gasteiger partial charge in [-0.05, 0) is 29.9 Å². The molecular formula is C14H16ClNO3S2. The van der Waals surface area contributed by atoms with E-state index < -0.39 is 11.5 Å². The Balaban J connectivity index is 1.79. The summed E-state index contributed by atoms with van der Waals surface area (Å²) in [7, 11) is 0. The molecule has 1 atom stereocenters. The number of benzene rings is 1. The first kappa shape index (κ1) is 16.5. The molecule has 0 spiro atoms. The number of thioether (sulfide) groups is 2. The van der Waals surface area contributed by atoms with Crippen molar-refractivity contribution < 1.29 is 14.7 Å². The predicted molar refractivity (Wildman–Crippen MR) is 88.1 cm³/mol. The number of rotatable bonds is 6. The lowest BCUT2D eigenvalue weighted by molar-refractivity contribution is -0.146. The molecule has 21 heavy (non-hydrogen) atoms. The van der Waals surface area contributed by atoms with Gasteiger partial charge in [-0.25, -0.2) is 4.79 Å². The Kier molecular flexibility index (Phi) is 5.84. The molecule has 0 aromatic heterocycles. The Morgan fingerprint density at radius 1 is 1.38 bits per heavy atom. The summed E-state index contributed by atoms with van der Waals surface area (Å²) >= 11 is 8.83. The molecule has 1 aliphatic rings. The SMILES string of the molecule is O=C(CSCc1ccc(Cl)cc1)NC1(C(=O)O)CCSC1. The summed E-state index contributed by atoms with van der Waals surface area (Å²) in [6.45, 7) is 0. The van der Waals surface area contributed by atoms with Gasteiger partial charge in [0.25, 0.3) is 0 Å². The topological polar surface area (TPSA) is 66.4 Å². The van der Waals surface area contributed by atoms with Crippen molar-refractivity contribution in [3.05, 3.63) is 34.9 Å².